The molecule has 4 heteroatoms. The summed E-state index contributed by atoms with van der Waals surface area (Å²) in [5, 5.41) is 10.6. The van der Waals surface area contributed by atoms with Crippen LogP contribution in [0.25, 0.3) is 11.0 Å². The normalized spacial score (nSPS) is 13.3. The molecule has 2 aromatic rings. The predicted octanol–water partition coefficient (Wildman–Crippen LogP) is 3.00. The fourth-order valence-corrected chi connectivity index (χ4v) is 2.67. The summed E-state index contributed by atoms with van der Waals surface area (Å²) < 4.78 is 5.41. The maximum absolute atomic E-state index is 11.9. The lowest BCUT2D eigenvalue weighted by Gasteiger charge is -2.28. The van der Waals surface area contributed by atoms with Crippen LogP contribution in [-0.4, -0.2) is 28.7 Å². The Morgan fingerprint density at radius 3 is 2.50 bits per heavy atom. The maximum Gasteiger partial charge on any atom is 0.336 e. The van der Waals surface area contributed by atoms with E-state index in [2.05, 4.69) is 24.8 Å². The molecule has 1 aromatic carbocycles. The summed E-state index contributed by atoms with van der Waals surface area (Å²) >= 11 is 0. The van der Waals surface area contributed by atoms with Gasteiger partial charge in [0.2, 0.25) is 0 Å². The van der Waals surface area contributed by atoms with Gasteiger partial charge >= 0.3 is 5.63 Å². The predicted molar refractivity (Wildman–Crippen MR) is 89.2 cm³/mol. The first-order valence-electron chi connectivity index (χ1n) is 7.74. The molecule has 0 spiro atoms. The third-order valence-corrected chi connectivity index (χ3v) is 4.12. The number of hydrogen-bond donors (Lipinski definition) is 1. The number of rotatable bonds is 5. The maximum atomic E-state index is 11.9. The number of aliphatic hydroxyl groups is 1. The zero-order chi connectivity index (χ0) is 16.4. The molecule has 0 amide bonds. The number of hydrogen-bond acceptors (Lipinski definition) is 4. The Kier molecular flexibility index (Phi) is 5.04. The summed E-state index contributed by atoms with van der Waals surface area (Å²) in [6.45, 7) is 11.1. The summed E-state index contributed by atoms with van der Waals surface area (Å²) in [6.07, 6.45) is -0.405. The highest BCUT2D eigenvalue weighted by molar-refractivity contribution is 5.83. The molecule has 1 atom stereocenters. The summed E-state index contributed by atoms with van der Waals surface area (Å²) in [7, 11) is 0. The molecule has 120 valence electrons. The Morgan fingerprint density at radius 2 is 1.91 bits per heavy atom. The molecule has 2 rings (SSSR count). The molecule has 4 nitrogen and oxygen atoms in total. The van der Waals surface area contributed by atoms with E-state index in [1.165, 1.54) is 0 Å². The van der Waals surface area contributed by atoms with E-state index in [1.807, 2.05) is 19.9 Å². The Bertz CT molecular complexity index is 716. The van der Waals surface area contributed by atoms with Crippen molar-refractivity contribution in [3.05, 3.63) is 45.3 Å². The van der Waals surface area contributed by atoms with Crippen molar-refractivity contribution in [1.82, 2.24) is 4.90 Å². The molecule has 0 radical (unpaired) electrons. The summed E-state index contributed by atoms with van der Waals surface area (Å²) in [5.41, 5.74) is 3.41. The van der Waals surface area contributed by atoms with Gasteiger partial charge in [-0.1, -0.05) is 12.1 Å². The van der Waals surface area contributed by atoms with Crippen molar-refractivity contribution in [1.29, 1.82) is 0 Å². The molecule has 0 aliphatic heterocycles. The van der Waals surface area contributed by atoms with E-state index in [1.54, 1.807) is 13.0 Å². The smallest absolute Gasteiger partial charge is 0.336 e. The number of nitrogens with zero attached hydrogens (tertiary/aromatic N) is 1. The second-order valence-corrected chi connectivity index (χ2v) is 6.35. The summed E-state index contributed by atoms with van der Waals surface area (Å²) in [6, 6.07) is 5.91. The van der Waals surface area contributed by atoms with Crippen LogP contribution in [0.5, 0.6) is 0 Å². The van der Waals surface area contributed by atoms with Crippen LogP contribution in [0.4, 0.5) is 0 Å². The lowest BCUT2D eigenvalue weighted by Crippen LogP contribution is -2.36. The van der Waals surface area contributed by atoms with Crippen LogP contribution in [-0.2, 0) is 6.54 Å². The first-order valence-corrected chi connectivity index (χ1v) is 7.74. The lowest BCUT2D eigenvalue weighted by atomic mass is 10.0. The summed E-state index contributed by atoms with van der Waals surface area (Å²) in [4.78, 5) is 14.1. The fraction of sp³-hybridized carbons (Fsp3) is 0.500. The Labute approximate surface area is 131 Å². The SMILES string of the molecule is Cc1ccc2c(CN(CC(C)O)C(C)C)cc(=O)oc2c1C. The van der Waals surface area contributed by atoms with Crippen LogP contribution in [0, 0.1) is 13.8 Å². The van der Waals surface area contributed by atoms with Crippen molar-refractivity contribution in [2.45, 2.75) is 53.3 Å². The fourth-order valence-electron chi connectivity index (χ4n) is 2.67. The van der Waals surface area contributed by atoms with E-state index >= 15 is 0 Å². The highest BCUT2D eigenvalue weighted by Gasteiger charge is 2.16. The zero-order valence-corrected chi connectivity index (χ0v) is 14.0. The highest BCUT2D eigenvalue weighted by Crippen LogP contribution is 2.24. The molecule has 22 heavy (non-hydrogen) atoms. The van der Waals surface area contributed by atoms with Crippen LogP contribution < -0.4 is 5.63 Å². The standard InChI is InChI=1S/C18H25NO3/c1-11(2)19(9-13(4)20)10-15-8-17(21)22-18-14(5)12(3)6-7-16(15)18/h6-8,11,13,20H,9-10H2,1-5H3. The van der Waals surface area contributed by atoms with Crippen molar-refractivity contribution in [2.24, 2.45) is 0 Å². The molecule has 1 N–H and O–H groups in total. The number of aliphatic hydroxyl groups excluding tert-OH is 1. The lowest BCUT2D eigenvalue weighted by molar-refractivity contribution is 0.103. The molecular formula is C18H25NO3. The van der Waals surface area contributed by atoms with E-state index in [-0.39, 0.29) is 11.7 Å². The molecule has 0 aliphatic rings. The van der Waals surface area contributed by atoms with Crippen LogP contribution in [0.15, 0.2) is 27.4 Å². The highest BCUT2D eigenvalue weighted by atomic mass is 16.4. The first kappa shape index (κ1) is 16.7. The van der Waals surface area contributed by atoms with Crippen LogP contribution >= 0.6 is 0 Å². The van der Waals surface area contributed by atoms with E-state index in [4.69, 9.17) is 4.42 Å². The molecular weight excluding hydrogens is 278 g/mol. The zero-order valence-electron chi connectivity index (χ0n) is 14.0. The van der Waals surface area contributed by atoms with E-state index < -0.39 is 6.10 Å². The molecule has 0 saturated heterocycles. The van der Waals surface area contributed by atoms with Gasteiger partial charge in [0.25, 0.3) is 0 Å². The van der Waals surface area contributed by atoms with Gasteiger partial charge in [0, 0.05) is 30.6 Å². The third kappa shape index (κ3) is 3.57. The molecule has 0 aliphatic carbocycles. The molecule has 1 aromatic heterocycles. The van der Waals surface area contributed by atoms with E-state index in [0.29, 0.717) is 18.7 Å². The van der Waals surface area contributed by atoms with Crippen LogP contribution in [0.1, 0.15) is 37.5 Å². The Hall–Kier alpha value is -1.65. The van der Waals surface area contributed by atoms with E-state index in [0.717, 1.165) is 22.1 Å². The monoisotopic (exact) mass is 303 g/mol. The Morgan fingerprint density at radius 1 is 1.23 bits per heavy atom. The van der Waals surface area contributed by atoms with Crippen molar-refractivity contribution in [2.75, 3.05) is 6.54 Å². The van der Waals surface area contributed by atoms with Crippen molar-refractivity contribution in [3.8, 4) is 0 Å². The van der Waals surface area contributed by atoms with Crippen LogP contribution in [0.2, 0.25) is 0 Å². The van der Waals surface area contributed by atoms with Gasteiger partial charge in [0.1, 0.15) is 5.58 Å². The minimum absolute atomic E-state index is 0.281. The molecule has 0 saturated carbocycles. The number of aryl methyl sites for hydroxylation is 2. The quantitative estimate of drug-likeness (QED) is 0.863. The van der Waals surface area contributed by atoms with Crippen molar-refractivity contribution >= 4 is 11.0 Å². The van der Waals surface area contributed by atoms with Gasteiger partial charge < -0.3 is 9.52 Å². The third-order valence-electron chi connectivity index (χ3n) is 4.12. The van der Waals surface area contributed by atoms with Crippen LogP contribution in [0.3, 0.4) is 0 Å². The molecule has 1 unspecified atom stereocenters. The number of fused-ring (bicyclic) bond motifs is 1. The van der Waals surface area contributed by atoms with Gasteiger partial charge in [-0.15, -0.1) is 0 Å². The largest absolute Gasteiger partial charge is 0.422 e. The van der Waals surface area contributed by atoms with Gasteiger partial charge in [-0.2, -0.15) is 0 Å². The second-order valence-electron chi connectivity index (χ2n) is 6.35. The van der Waals surface area contributed by atoms with E-state index in [9.17, 15) is 9.90 Å². The molecule has 0 fully saturated rings. The first-order chi connectivity index (χ1) is 10.3. The van der Waals surface area contributed by atoms with Gasteiger partial charge in [-0.25, -0.2) is 4.79 Å². The topological polar surface area (TPSA) is 53.7 Å². The molecule has 1 heterocycles. The van der Waals surface area contributed by atoms with Gasteiger partial charge in [0.15, 0.2) is 0 Å². The minimum atomic E-state index is -0.405. The van der Waals surface area contributed by atoms with Crippen molar-refractivity contribution in [3.63, 3.8) is 0 Å². The molecule has 0 bridgehead atoms. The van der Waals surface area contributed by atoms with Gasteiger partial charge in [-0.05, 0) is 51.3 Å². The summed E-state index contributed by atoms with van der Waals surface area (Å²) in [5.74, 6) is 0. The van der Waals surface area contributed by atoms with Gasteiger partial charge in [0.05, 0.1) is 6.10 Å². The average Bonchev–Trinajstić information content (AvgIpc) is 2.42. The van der Waals surface area contributed by atoms with Crippen molar-refractivity contribution < 1.29 is 9.52 Å². The average molecular weight is 303 g/mol. The van der Waals surface area contributed by atoms with Gasteiger partial charge in [-0.3, -0.25) is 4.90 Å². The second kappa shape index (κ2) is 6.63. The number of benzene rings is 1. The Balaban J connectivity index is 2.50. The minimum Gasteiger partial charge on any atom is -0.422 e.